The van der Waals surface area contributed by atoms with Gasteiger partial charge in [0.2, 0.25) is 0 Å². The third-order valence-corrected chi connectivity index (χ3v) is 27.5. The lowest BCUT2D eigenvalue weighted by molar-refractivity contribution is 0.00578. The molecule has 0 unspecified atom stereocenters. The number of nitrogens with zero attached hydrogens (tertiary/aromatic N) is 4. The van der Waals surface area contributed by atoms with Crippen LogP contribution in [0.15, 0.2) is 466 Å². The van der Waals surface area contributed by atoms with Gasteiger partial charge in [0.1, 0.15) is 4.60 Å². The molecule has 134 heavy (non-hydrogen) atoms. The molecular formula is C126H88BBrN4O2. The van der Waals surface area contributed by atoms with Crippen molar-refractivity contribution < 1.29 is 9.31 Å². The predicted molar refractivity (Wildman–Crippen MR) is 569 cm³/mol. The van der Waals surface area contributed by atoms with Crippen LogP contribution >= 0.6 is 15.9 Å². The third-order valence-electron chi connectivity index (χ3n) is 27.1. The monoisotopic (exact) mass is 1780 g/mol. The van der Waals surface area contributed by atoms with E-state index in [1.54, 1.807) is 0 Å². The Balaban J connectivity index is 0.000000126. The van der Waals surface area contributed by atoms with Crippen LogP contribution in [0.25, 0.3) is 231 Å². The summed E-state index contributed by atoms with van der Waals surface area (Å²) in [6.07, 6.45) is 0. The Morgan fingerprint density at radius 2 is 0.448 bits per heavy atom. The number of rotatable bonds is 12. The van der Waals surface area contributed by atoms with Gasteiger partial charge in [0.25, 0.3) is 0 Å². The zero-order chi connectivity index (χ0) is 90.0. The maximum atomic E-state index is 6.42. The predicted octanol–water partition coefficient (Wildman–Crippen LogP) is 33.6. The minimum Gasteiger partial charge on any atom is -0.399 e. The van der Waals surface area contributed by atoms with Gasteiger partial charge in [0.15, 0.2) is 0 Å². The van der Waals surface area contributed by atoms with E-state index in [0.29, 0.717) is 0 Å². The van der Waals surface area contributed by atoms with Crippen molar-refractivity contribution in [1.29, 1.82) is 0 Å². The molecule has 20 aromatic carbocycles. The Morgan fingerprint density at radius 1 is 0.194 bits per heavy atom. The van der Waals surface area contributed by atoms with Gasteiger partial charge in [0, 0.05) is 38.2 Å². The molecule has 1 fully saturated rings. The van der Waals surface area contributed by atoms with Gasteiger partial charge in [0.05, 0.1) is 50.4 Å². The number of pyridine rings is 4. The highest BCUT2D eigenvalue weighted by Gasteiger charge is 2.52. The molecule has 0 spiro atoms. The summed E-state index contributed by atoms with van der Waals surface area (Å²) in [7, 11) is -0.409. The Kier molecular flexibility index (Phi) is 21.4. The van der Waals surface area contributed by atoms with Gasteiger partial charge in [-0.25, -0.2) is 19.9 Å². The van der Waals surface area contributed by atoms with Gasteiger partial charge in [-0.15, -0.1) is 0 Å². The highest BCUT2D eigenvalue weighted by atomic mass is 79.9. The minimum absolute atomic E-state index is 0.392. The smallest absolute Gasteiger partial charge is 0.399 e. The van der Waals surface area contributed by atoms with Gasteiger partial charge in [-0.05, 0) is 245 Å². The molecule has 0 aliphatic carbocycles. The van der Waals surface area contributed by atoms with Crippen LogP contribution in [0.3, 0.4) is 0 Å². The van der Waals surface area contributed by atoms with Crippen molar-refractivity contribution in [2.24, 2.45) is 0 Å². The molecule has 1 saturated heterocycles. The number of aromatic nitrogens is 4. The van der Waals surface area contributed by atoms with Crippen LogP contribution in [0.4, 0.5) is 0 Å². The number of benzene rings is 20. The molecule has 8 heteroatoms. The Bertz CT molecular complexity index is 8680. The second kappa shape index (κ2) is 34.7. The van der Waals surface area contributed by atoms with Crippen molar-refractivity contribution in [3.63, 3.8) is 0 Å². The van der Waals surface area contributed by atoms with Gasteiger partial charge in [-0.2, -0.15) is 0 Å². The van der Waals surface area contributed by atoms with Gasteiger partial charge in [-0.3, -0.25) is 0 Å². The zero-order valence-electron chi connectivity index (χ0n) is 74.4. The number of halogens is 1. The topological polar surface area (TPSA) is 70.0 Å². The summed E-state index contributed by atoms with van der Waals surface area (Å²) in [5.74, 6) is 0. The SMILES string of the molecule is Brc1ccc2ccc3ccc(-c4ccccc4)nc3c2n1.CC1(C)OB(c2cccc(-c3ccc(-c4ccc5c(-c6ccccc6)c6ccccc6c(-c6ccccc6)c5c4)c4ccccc34)c2)OC1(C)C.c1ccc(-c2ccc3ccc4ccc(-c5cccc(-c6ccc(-c7ccc8c(-c9ccccc9)c9ccccc9c(-c9ccccc9)c8c7)c7ccccc67)c5)nc4c3n2)cc1. The van der Waals surface area contributed by atoms with Crippen molar-refractivity contribution in [3.8, 4) is 123 Å². The van der Waals surface area contributed by atoms with Gasteiger partial charge >= 0.3 is 7.12 Å². The summed E-state index contributed by atoms with van der Waals surface area (Å²) in [5, 5.41) is 19.3. The van der Waals surface area contributed by atoms with E-state index in [0.717, 1.165) is 98.6 Å². The van der Waals surface area contributed by atoms with E-state index in [2.05, 4.69) is 479 Å². The van der Waals surface area contributed by atoms with Crippen LogP contribution < -0.4 is 5.46 Å². The summed E-state index contributed by atoms with van der Waals surface area (Å²) in [5.41, 5.74) is 29.5. The third kappa shape index (κ3) is 15.3. The standard InChI is InChI=1S/C60H38N2.C48H39BO2.C18H11BrN2/c1-4-15-39(16-5-1)55-35-30-42-27-28-43-31-36-56(62-60(43)59(42)61-55)46-22-14-21-44(37-46)47-33-34-48(50-24-11-10-23-49(47)50)45-29-32-53-54(38-45)58(41-19-8-3-9-20-41)52-26-13-12-25-51(52)57(53)40-17-6-2-7-18-40;1-47(2)48(3,4)51-49(50-47)36-21-15-20-34(30-36)37-28-29-38(40-23-12-11-22-39(37)40)35-26-27-43-44(31-35)46(33-18-9-6-10-19-33)42-25-14-13-24-41(42)45(43)32-16-7-5-8-17-32;19-16-11-9-14-7-6-13-8-10-15(12-4-2-1-3-5-12)20-17(13)18(14)21-16/h1-38H;5-31H,1-4H3;1-11H. The molecule has 6 nitrogen and oxygen atoms in total. The summed E-state index contributed by atoms with van der Waals surface area (Å²) >= 11 is 3.44. The summed E-state index contributed by atoms with van der Waals surface area (Å²) in [4.78, 5) is 19.9. The lowest BCUT2D eigenvalue weighted by Gasteiger charge is -2.32. The number of hydrogen-bond acceptors (Lipinski definition) is 6. The van der Waals surface area contributed by atoms with E-state index in [1.165, 1.54) is 143 Å². The second-order valence-electron chi connectivity index (χ2n) is 35.7. The van der Waals surface area contributed by atoms with Crippen molar-refractivity contribution in [2.75, 3.05) is 0 Å². The Labute approximate surface area is 787 Å². The maximum Gasteiger partial charge on any atom is 0.494 e. The first-order valence-electron chi connectivity index (χ1n) is 45.8. The molecule has 0 atom stereocenters. The first-order valence-corrected chi connectivity index (χ1v) is 46.6. The van der Waals surface area contributed by atoms with Gasteiger partial charge in [-0.1, -0.05) is 419 Å². The van der Waals surface area contributed by atoms with E-state index in [-0.39, 0.29) is 0 Å². The van der Waals surface area contributed by atoms with Crippen LogP contribution in [-0.2, 0) is 9.31 Å². The van der Waals surface area contributed by atoms with Crippen molar-refractivity contribution in [1.82, 2.24) is 19.9 Å². The van der Waals surface area contributed by atoms with Gasteiger partial charge < -0.3 is 9.31 Å². The van der Waals surface area contributed by atoms with Crippen LogP contribution in [-0.4, -0.2) is 38.3 Å². The van der Waals surface area contributed by atoms with Crippen LogP contribution in [0.5, 0.6) is 0 Å². The molecule has 24 aromatic rings. The van der Waals surface area contributed by atoms with E-state index in [4.69, 9.17) is 24.3 Å². The van der Waals surface area contributed by atoms with Crippen LogP contribution in [0.2, 0.25) is 0 Å². The fourth-order valence-electron chi connectivity index (χ4n) is 19.8. The Morgan fingerprint density at radius 3 is 0.806 bits per heavy atom. The Hall–Kier alpha value is -15.9. The molecule has 0 radical (unpaired) electrons. The molecule has 4 aromatic heterocycles. The highest BCUT2D eigenvalue weighted by molar-refractivity contribution is 9.10. The van der Waals surface area contributed by atoms with E-state index in [1.807, 2.05) is 30.3 Å². The maximum absolute atomic E-state index is 6.42. The average Bonchev–Trinajstić information content (AvgIpc) is 1.74. The van der Waals surface area contributed by atoms with E-state index in [9.17, 15) is 0 Å². The van der Waals surface area contributed by atoms with Crippen LogP contribution in [0, 0.1) is 0 Å². The number of hydrogen-bond donors (Lipinski definition) is 0. The van der Waals surface area contributed by atoms with Crippen LogP contribution in [0.1, 0.15) is 27.7 Å². The molecule has 25 rings (SSSR count). The average molecular weight is 1780 g/mol. The molecule has 0 N–H and O–H groups in total. The largest absolute Gasteiger partial charge is 0.494 e. The molecule has 0 amide bonds. The first kappa shape index (κ1) is 82.5. The molecule has 5 heterocycles. The lowest BCUT2D eigenvalue weighted by Crippen LogP contribution is -2.41. The first-order chi connectivity index (χ1) is 65.8. The second-order valence-corrected chi connectivity index (χ2v) is 36.5. The van der Waals surface area contributed by atoms with Crippen molar-refractivity contribution in [3.05, 3.63) is 466 Å². The normalized spacial score (nSPS) is 12.9. The van der Waals surface area contributed by atoms with Crippen molar-refractivity contribution >= 4 is 137 Å². The van der Waals surface area contributed by atoms with E-state index >= 15 is 0 Å². The summed E-state index contributed by atoms with van der Waals surface area (Å²) in [6.45, 7) is 8.40. The molecular weight excluding hydrogens is 1690 g/mol. The summed E-state index contributed by atoms with van der Waals surface area (Å²) < 4.78 is 13.7. The summed E-state index contributed by atoms with van der Waals surface area (Å²) in [6, 6.07) is 165. The molecule has 0 bridgehead atoms. The zero-order valence-corrected chi connectivity index (χ0v) is 76.0. The number of fused-ring (bicyclic) bond motifs is 12. The fraction of sp³-hybridized carbons (Fsp3) is 0.0476. The minimum atomic E-state index is -0.409. The van der Waals surface area contributed by atoms with Crippen molar-refractivity contribution in [2.45, 2.75) is 38.9 Å². The molecule has 1 aliphatic heterocycles. The quantitative estimate of drug-likeness (QED) is 0.0525. The molecule has 0 saturated carbocycles. The van der Waals surface area contributed by atoms with E-state index < -0.39 is 18.3 Å². The fourth-order valence-corrected chi connectivity index (χ4v) is 20.2. The molecule has 634 valence electrons. The highest BCUT2D eigenvalue weighted by Crippen LogP contribution is 2.50. The molecule has 1 aliphatic rings. The lowest BCUT2D eigenvalue weighted by atomic mass is 9.77.